The topological polar surface area (TPSA) is 35.3 Å². The number of benzene rings is 1. The Morgan fingerprint density at radius 3 is 2.67 bits per heavy atom. The van der Waals surface area contributed by atoms with E-state index in [1.54, 1.807) is 6.21 Å². The molecule has 0 spiro atoms. The first kappa shape index (κ1) is 15.9. The molecule has 0 unspecified atom stereocenters. The molecular weight excluding hydrogens is 262 g/mol. The van der Waals surface area contributed by atoms with Crippen molar-refractivity contribution in [2.24, 2.45) is 0 Å². The van der Waals surface area contributed by atoms with Crippen molar-refractivity contribution in [3.63, 3.8) is 0 Å². The van der Waals surface area contributed by atoms with Crippen molar-refractivity contribution in [1.29, 1.82) is 0 Å². The van der Waals surface area contributed by atoms with E-state index in [0.717, 1.165) is 23.3 Å². The molecule has 0 amide bonds. The van der Waals surface area contributed by atoms with E-state index in [2.05, 4.69) is 39.0 Å². The van der Waals surface area contributed by atoms with Crippen LogP contribution < -0.4 is 4.74 Å². The van der Waals surface area contributed by atoms with Crippen LogP contribution in [0.15, 0.2) is 18.2 Å². The number of aryl methyl sites for hydroxylation is 1. The Balaban J connectivity index is 1.97. The van der Waals surface area contributed by atoms with Crippen LogP contribution in [0.25, 0.3) is 0 Å². The summed E-state index contributed by atoms with van der Waals surface area (Å²) in [6, 6.07) is 6.43. The lowest BCUT2D eigenvalue weighted by molar-refractivity contribution is -0.502. The van der Waals surface area contributed by atoms with Gasteiger partial charge in [0.25, 0.3) is 0 Å². The van der Waals surface area contributed by atoms with E-state index < -0.39 is 0 Å². The number of ether oxygens (including phenoxy) is 1. The zero-order chi connectivity index (χ0) is 15.2. The van der Waals surface area contributed by atoms with Gasteiger partial charge in [0.2, 0.25) is 0 Å². The predicted octanol–water partition coefficient (Wildman–Crippen LogP) is 4.41. The summed E-state index contributed by atoms with van der Waals surface area (Å²) in [6.07, 6.45) is 7.30. The SMILES string of the molecule is Cc1ccc(C(C)C)c(OCC=[N+]([O-])C2CCCCC2)c1. The van der Waals surface area contributed by atoms with E-state index in [1.165, 1.54) is 30.4 Å². The lowest BCUT2D eigenvalue weighted by atomic mass is 9.96. The van der Waals surface area contributed by atoms with Gasteiger partial charge >= 0.3 is 0 Å². The second kappa shape index (κ2) is 7.48. The fraction of sp³-hybridized carbons (Fsp3) is 0.611. The zero-order valence-corrected chi connectivity index (χ0v) is 13.5. The van der Waals surface area contributed by atoms with Gasteiger partial charge in [-0.1, -0.05) is 32.4 Å². The van der Waals surface area contributed by atoms with E-state index >= 15 is 0 Å². The van der Waals surface area contributed by atoms with Gasteiger partial charge in [0.05, 0.1) is 0 Å². The van der Waals surface area contributed by atoms with Gasteiger partial charge in [-0.15, -0.1) is 0 Å². The highest BCUT2D eigenvalue weighted by atomic mass is 16.5. The molecule has 1 fully saturated rings. The fourth-order valence-corrected chi connectivity index (χ4v) is 2.93. The Labute approximate surface area is 128 Å². The number of hydrogen-bond donors (Lipinski definition) is 0. The summed E-state index contributed by atoms with van der Waals surface area (Å²) >= 11 is 0. The van der Waals surface area contributed by atoms with Crippen LogP contribution >= 0.6 is 0 Å². The third-order valence-corrected chi connectivity index (χ3v) is 4.22. The maximum atomic E-state index is 12.1. The van der Waals surface area contributed by atoms with Crippen LogP contribution in [0.4, 0.5) is 0 Å². The molecular formula is C18H27NO2. The van der Waals surface area contributed by atoms with E-state index in [4.69, 9.17) is 4.74 Å². The van der Waals surface area contributed by atoms with Crippen molar-refractivity contribution in [2.75, 3.05) is 6.61 Å². The van der Waals surface area contributed by atoms with Crippen LogP contribution in [0.3, 0.4) is 0 Å². The molecule has 3 heteroatoms. The van der Waals surface area contributed by atoms with Gasteiger partial charge in [0.1, 0.15) is 5.75 Å². The molecule has 116 valence electrons. The lowest BCUT2D eigenvalue weighted by Crippen LogP contribution is -2.26. The summed E-state index contributed by atoms with van der Waals surface area (Å²) < 4.78 is 6.96. The highest BCUT2D eigenvalue weighted by Gasteiger charge is 2.19. The average Bonchev–Trinajstić information content (AvgIpc) is 2.48. The van der Waals surface area contributed by atoms with E-state index in [1.807, 2.05) is 0 Å². The van der Waals surface area contributed by atoms with Gasteiger partial charge < -0.3 is 9.94 Å². The number of rotatable bonds is 5. The van der Waals surface area contributed by atoms with Gasteiger partial charge in [0.15, 0.2) is 18.9 Å². The van der Waals surface area contributed by atoms with Gasteiger partial charge in [-0.25, -0.2) is 4.74 Å². The normalized spacial score (nSPS) is 17.2. The van der Waals surface area contributed by atoms with E-state index in [-0.39, 0.29) is 6.04 Å². The summed E-state index contributed by atoms with van der Waals surface area (Å²) in [5.41, 5.74) is 2.38. The molecule has 3 nitrogen and oxygen atoms in total. The van der Waals surface area contributed by atoms with Crippen LogP contribution in [-0.4, -0.2) is 23.6 Å². The van der Waals surface area contributed by atoms with Crippen LogP contribution in [-0.2, 0) is 0 Å². The van der Waals surface area contributed by atoms with Gasteiger partial charge in [-0.2, -0.15) is 0 Å². The van der Waals surface area contributed by atoms with Crippen molar-refractivity contribution in [1.82, 2.24) is 0 Å². The second-order valence-electron chi connectivity index (χ2n) is 6.34. The summed E-state index contributed by atoms with van der Waals surface area (Å²) in [6.45, 7) is 6.72. The van der Waals surface area contributed by atoms with Crippen LogP contribution in [0, 0.1) is 12.1 Å². The molecule has 0 bridgehead atoms. The number of hydrogen-bond acceptors (Lipinski definition) is 2. The Bertz CT molecular complexity index is 488. The molecule has 0 heterocycles. The maximum Gasteiger partial charge on any atom is 0.188 e. The molecule has 1 aliphatic carbocycles. The lowest BCUT2D eigenvalue weighted by Gasteiger charge is -2.21. The Morgan fingerprint density at radius 2 is 2.00 bits per heavy atom. The molecule has 0 atom stereocenters. The van der Waals surface area contributed by atoms with Crippen LogP contribution in [0.1, 0.15) is 63.0 Å². The average molecular weight is 289 g/mol. The smallest absolute Gasteiger partial charge is 0.188 e. The largest absolute Gasteiger partial charge is 0.624 e. The molecule has 21 heavy (non-hydrogen) atoms. The first-order valence-electron chi connectivity index (χ1n) is 8.10. The zero-order valence-electron chi connectivity index (χ0n) is 13.5. The summed E-state index contributed by atoms with van der Waals surface area (Å²) in [4.78, 5) is 0. The first-order valence-corrected chi connectivity index (χ1v) is 8.10. The van der Waals surface area contributed by atoms with Gasteiger partial charge in [-0.05, 0) is 42.9 Å². The summed E-state index contributed by atoms with van der Waals surface area (Å²) in [5, 5.41) is 12.1. The molecule has 1 saturated carbocycles. The highest BCUT2D eigenvalue weighted by Crippen LogP contribution is 2.27. The molecule has 2 rings (SSSR count). The third-order valence-electron chi connectivity index (χ3n) is 4.22. The first-order chi connectivity index (χ1) is 10.1. The van der Waals surface area contributed by atoms with Crippen LogP contribution in [0.5, 0.6) is 5.75 Å². The minimum absolute atomic E-state index is 0.157. The predicted molar refractivity (Wildman–Crippen MR) is 87.3 cm³/mol. The fourth-order valence-electron chi connectivity index (χ4n) is 2.93. The van der Waals surface area contributed by atoms with Gasteiger partial charge in [-0.3, -0.25) is 0 Å². The third kappa shape index (κ3) is 4.48. The van der Waals surface area contributed by atoms with Crippen molar-refractivity contribution in [3.05, 3.63) is 34.5 Å². The van der Waals surface area contributed by atoms with Crippen molar-refractivity contribution < 1.29 is 9.48 Å². The molecule has 0 saturated heterocycles. The quantitative estimate of drug-likeness (QED) is 0.348. The maximum absolute atomic E-state index is 12.1. The molecule has 1 aliphatic rings. The molecule has 0 aromatic heterocycles. The molecule has 1 aromatic carbocycles. The summed E-state index contributed by atoms with van der Waals surface area (Å²) in [5.74, 6) is 1.32. The van der Waals surface area contributed by atoms with Gasteiger partial charge in [0, 0.05) is 12.8 Å². The highest BCUT2D eigenvalue weighted by molar-refractivity contribution is 5.54. The van der Waals surface area contributed by atoms with Crippen LogP contribution in [0.2, 0.25) is 0 Å². The minimum Gasteiger partial charge on any atom is -0.624 e. The Morgan fingerprint density at radius 1 is 1.29 bits per heavy atom. The molecule has 0 N–H and O–H groups in total. The number of hydroxylamine groups is 1. The standard InChI is InChI=1S/C18H27NO2/c1-14(2)17-10-9-15(3)13-18(17)21-12-11-19(20)16-7-5-4-6-8-16/h9-11,13-14,16H,4-8,12H2,1-3H3. The minimum atomic E-state index is 0.157. The van der Waals surface area contributed by atoms with Crippen molar-refractivity contribution in [2.45, 2.75) is 64.8 Å². The molecule has 0 aliphatic heterocycles. The number of nitrogens with zero attached hydrogens (tertiary/aromatic N) is 1. The Kier molecular flexibility index (Phi) is 5.66. The molecule has 1 aromatic rings. The van der Waals surface area contributed by atoms with E-state index in [0.29, 0.717) is 12.5 Å². The van der Waals surface area contributed by atoms with E-state index in [9.17, 15) is 5.21 Å². The summed E-state index contributed by atoms with van der Waals surface area (Å²) in [7, 11) is 0. The Hall–Kier alpha value is -1.51. The molecule has 0 radical (unpaired) electrons. The van der Waals surface area contributed by atoms with Crippen molar-refractivity contribution in [3.8, 4) is 5.75 Å². The second-order valence-corrected chi connectivity index (χ2v) is 6.34. The monoisotopic (exact) mass is 289 g/mol. The van der Waals surface area contributed by atoms with Crippen molar-refractivity contribution >= 4 is 6.21 Å².